The Labute approximate surface area is 166 Å². The van der Waals surface area contributed by atoms with Crippen LogP contribution in [0.2, 0.25) is 0 Å². The number of nitrogens with zero attached hydrogens (tertiary/aromatic N) is 1. The van der Waals surface area contributed by atoms with Crippen LogP contribution >= 0.6 is 0 Å². The van der Waals surface area contributed by atoms with E-state index in [-0.39, 0.29) is 24.8 Å². The van der Waals surface area contributed by atoms with Crippen LogP contribution in [0.4, 0.5) is 13.2 Å². The summed E-state index contributed by atoms with van der Waals surface area (Å²) >= 11 is 0. The third-order valence-electron chi connectivity index (χ3n) is 5.37. The number of likely N-dealkylation sites (tertiary alicyclic amines) is 1. The predicted molar refractivity (Wildman–Crippen MR) is 99.7 cm³/mol. The fraction of sp³-hybridized carbons (Fsp3) is 0.429. The van der Waals surface area contributed by atoms with Crippen LogP contribution in [0.25, 0.3) is 0 Å². The fourth-order valence-electron chi connectivity index (χ4n) is 3.81. The number of hydrogen-bond donors (Lipinski definition) is 1. The Balaban J connectivity index is 1.81. The Morgan fingerprint density at radius 1 is 1.24 bits per heavy atom. The molecular formula is C21H23F3N2O3. The highest BCUT2D eigenvalue weighted by molar-refractivity contribution is 5.84. The first-order valence-electron chi connectivity index (χ1n) is 9.34. The van der Waals surface area contributed by atoms with E-state index in [2.05, 4.69) is 5.32 Å². The summed E-state index contributed by atoms with van der Waals surface area (Å²) < 4.78 is 44.1. The summed E-state index contributed by atoms with van der Waals surface area (Å²) in [6, 6.07) is 5.87. The molecule has 0 aliphatic carbocycles. The number of aryl methyl sites for hydroxylation is 2. The molecule has 0 saturated carbocycles. The van der Waals surface area contributed by atoms with E-state index in [4.69, 9.17) is 4.42 Å². The number of nitrogens with one attached hydrogen (secondary N) is 1. The van der Waals surface area contributed by atoms with Crippen molar-refractivity contribution in [2.75, 3.05) is 7.05 Å². The lowest BCUT2D eigenvalue weighted by Crippen LogP contribution is -2.46. The third kappa shape index (κ3) is 4.46. The van der Waals surface area contributed by atoms with Crippen LogP contribution in [0.3, 0.4) is 0 Å². The van der Waals surface area contributed by atoms with Gasteiger partial charge in [0.25, 0.3) is 0 Å². The molecule has 29 heavy (non-hydrogen) atoms. The normalized spacial score (nSPS) is 20.1. The maximum absolute atomic E-state index is 12.9. The molecule has 2 aromatic rings. The SMILES string of the molecule is Cc1cc(CNC(=O)C2CCC(=O)N(C)C2c2ccc(C(F)(F)F)cc2)c(C)o1. The Hall–Kier alpha value is -2.77. The summed E-state index contributed by atoms with van der Waals surface area (Å²) in [7, 11) is 1.58. The molecule has 2 amide bonds. The summed E-state index contributed by atoms with van der Waals surface area (Å²) in [5.41, 5.74) is 0.601. The van der Waals surface area contributed by atoms with Crippen LogP contribution < -0.4 is 5.32 Å². The molecule has 2 atom stereocenters. The molecular weight excluding hydrogens is 385 g/mol. The Morgan fingerprint density at radius 2 is 1.90 bits per heavy atom. The van der Waals surface area contributed by atoms with Gasteiger partial charge in [-0.25, -0.2) is 0 Å². The van der Waals surface area contributed by atoms with Crippen LogP contribution in [0.15, 0.2) is 34.7 Å². The summed E-state index contributed by atoms with van der Waals surface area (Å²) in [4.78, 5) is 26.5. The minimum atomic E-state index is -4.44. The number of alkyl halides is 3. The highest BCUT2D eigenvalue weighted by atomic mass is 19.4. The van der Waals surface area contributed by atoms with Gasteiger partial charge in [-0.2, -0.15) is 13.2 Å². The predicted octanol–water partition coefficient (Wildman–Crippen LogP) is 4.14. The molecule has 1 aromatic carbocycles. The molecule has 1 fully saturated rings. The minimum Gasteiger partial charge on any atom is -0.466 e. The van der Waals surface area contributed by atoms with E-state index >= 15 is 0 Å². The van der Waals surface area contributed by atoms with Crippen molar-refractivity contribution in [2.45, 2.75) is 45.5 Å². The van der Waals surface area contributed by atoms with Gasteiger partial charge in [0.15, 0.2) is 0 Å². The van der Waals surface area contributed by atoms with E-state index in [1.807, 2.05) is 19.9 Å². The number of amides is 2. The first kappa shape index (κ1) is 21.0. The van der Waals surface area contributed by atoms with Gasteiger partial charge in [-0.15, -0.1) is 0 Å². The zero-order chi connectivity index (χ0) is 21.3. The molecule has 0 radical (unpaired) electrons. The van der Waals surface area contributed by atoms with Gasteiger partial charge in [0.1, 0.15) is 11.5 Å². The van der Waals surface area contributed by atoms with Crippen molar-refractivity contribution >= 4 is 11.8 Å². The lowest BCUT2D eigenvalue weighted by molar-refractivity contribution is -0.142. The fourth-order valence-corrected chi connectivity index (χ4v) is 3.81. The Morgan fingerprint density at radius 3 is 2.45 bits per heavy atom. The van der Waals surface area contributed by atoms with Gasteiger partial charge in [-0.1, -0.05) is 12.1 Å². The van der Waals surface area contributed by atoms with E-state index in [0.717, 1.165) is 29.2 Å². The number of halogens is 3. The maximum Gasteiger partial charge on any atom is 0.416 e. The summed E-state index contributed by atoms with van der Waals surface area (Å²) in [6.45, 7) is 3.92. The lowest BCUT2D eigenvalue weighted by atomic mass is 9.83. The van der Waals surface area contributed by atoms with E-state index in [9.17, 15) is 22.8 Å². The monoisotopic (exact) mass is 408 g/mol. The van der Waals surface area contributed by atoms with Gasteiger partial charge < -0.3 is 14.6 Å². The number of benzene rings is 1. The van der Waals surface area contributed by atoms with E-state index in [0.29, 0.717) is 12.0 Å². The zero-order valence-electron chi connectivity index (χ0n) is 16.5. The number of hydrogen-bond acceptors (Lipinski definition) is 3. The molecule has 2 heterocycles. The molecule has 0 bridgehead atoms. The van der Waals surface area contributed by atoms with Gasteiger partial charge >= 0.3 is 6.18 Å². The molecule has 3 rings (SSSR count). The van der Waals surface area contributed by atoms with Crippen LogP contribution in [-0.4, -0.2) is 23.8 Å². The highest BCUT2D eigenvalue weighted by Crippen LogP contribution is 2.37. The van der Waals surface area contributed by atoms with Crippen molar-refractivity contribution in [3.05, 3.63) is 58.5 Å². The van der Waals surface area contributed by atoms with Gasteiger partial charge in [0.05, 0.1) is 17.5 Å². The summed E-state index contributed by atoms with van der Waals surface area (Å²) in [5.74, 6) is 0.533. The van der Waals surface area contributed by atoms with Crippen LogP contribution in [0.5, 0.6) is 0 Å². The van der Waals surface area contributed by atoms with Gasteiger partial charge in [0, 0.05) is 25.6 Å². The van der Waals surface area contributed by atoms with E-state index in [1.165, 1.54) is 17.0 Å². The number of rotatable bonds is 4. The van der Waals surface area contributed by atoms with E-state index < -0.39 is 23.7 Å². The number of piperidine rings is 1. The van der Waals surface area contributed by atoms with Crippen molar-refractivity contribution < 1.29 is 27.2 Å². The molecule has 5 nitrogen and oxygen atoms in total. The van der Waals surface area contributed by atoms with Crippen molar-refractivity contribution in [3.8, 4) is 0 Å². The maximum atomic E-state index is 12.9. The van der Waals surface area contributed by atoms with Gasteiger partial charge in [-0.05, 0) is 44.0 Å². The first-order chi connectivity index (χ1) is 13.6. The topological polar surface area (TPSA) is 62.6 Å². The molecule has 0 spiro atoms. The van der Waals surface area contributed by atoms with Crippen LogP contribution in [0, 0.1) is 19.8 Å². The molecule has 1 N–H and O–H groups in total. The molecule has 1 aliphatic heterocycles. The molecule has 2 unspecified atom stereocenters. The zero-order valence-corrected chi connectivity index (χ0v) is 16.5. The van der Waals surface area contributed by atoms with Gasteiger partial charge in [-0.3, -0.25) is 9.59 Å². The van der Waals surface area contributed by atoms with E-state index in [1.54, 1.807) is 7.05 Å². The molecule has 8 heteroatoms. The Bertz CT molecular complexity index is 903. The van der Waals surface area contributed by atoms with Crippen molar-refractivity contribution in [3.63, 3.8) is 0 Å². The smallest absolute Gasteiger partial charge is 0.416 e. The molecule has 1 aliphatic rings. The lowest BCUT2D eigenvalue weighted by Gasteiger charge is -2.38. The second-order valence-electron chi connectivity index (χ2n) is 7.37. The van der Waals surface area contributed by atoms with Crippen molar-refractivity contribution in [2.24, 2.45) is 5.92 Å². The van der Waals surface area contributed by atoms with Crippen molar-refractivity contribution in [1.29, 1.82) is 0 Å². The molecule has 1 saturated heterocycles. The number of carbonyl (C=O) groups excluding carboxylic acids is 2. The third-order valence-corrected chi connectivity index (χ3v) is 5.37. The summed E-state index contributed by atoms with van der Waals surface area (Å²) in [5, 5.41) is 2.88. The van der Waals surface area contributed by atoms with Crippen molar-refractivity contribution in [1.82, 2.24) is 10.2 Å². The first-order valence-corrected chi connectivity index (χ1v) is 9.34. The second kappa shape index (κ2) is 7.93. The minimum absolute atomic E-state index is 0.139. The van der Waals surface area contributed by atoms with Crippen LogP contribution in [-0.2, 0) is 22.3 Å². The second-order valence-corrected chi connectivity index (χ2v) is 7.37. The summed E-state index contributed by atoms with van der Waals surface area (Å²) in [6.07, 6.45) is -3.89. The Kier molecular flexibility index (Phi) is 5.73. The highest BCUT2D eigenvalue weighted by Gasteiger charge is 2.39. The number of carbonyl (C=O) groups is 2. The average molecular weight is 408 g/mol. The average Bonchev–Trinajstić information content (AvgIpc) is 2.98. The standard InChI is InChI=1S/C21H23F3N2O3/c1-12-10-15(13(2)29-12)11-25-20(28)17-8-9-18(27)26(3)19(17)14-4-6-16(7-5-14)21(22,23)24/h4-7,10,17,19H,8-9,11H2,1-3H3,(H,25,28). The molecule has 1 aromatic heterocycles. The largest absolute Gasteiger partial charge is 0.466 e. The van der Waals surface area contributed by atoms with Gasteiger partial charge in [0.2, 0.25) is 11.8 Å². The number of furan rings is 1. The molecule has 156 valence electrons. The van der Waals surface area contributed by atoms with Crippen LogP contribution in [0.1, 0.15) is 47.1 Å². The quantitative estimate of drug-likeness (QED) is 0.827.